The van der Waals surface area contributed by atoms with Crippen molar-refractivity contribution in [1.29, 1.82) is 0 Å². The van der Waals surface area contributed by atoms with Crippen LogP contribution in [0.1, 0.15) is 12.5 Å². The Labute approximate surface area is 127 Å². The summed E-state index contributed by atoms with van der Waals surface area (Å²) in [5.74, 6) is 0.493. The number of nitrogens with zero attached hydrogens (tertiary/aromatic N) is 3. The molecule has 1 fully saturated rings. The molecule has 0 atom stereocenters. The minimum atomic E-state index is 0.493. The van der Waals surface area contributed by atoms with Crippen LogP contribution in [0.4, 0.5) is 5.69 Å². The molecular weight excluding hydrogens is 262 g/mol. The largest absolute Gasteiger partial charge is 0.370 e. The first-order valence-corrected chi connectivity index (χ1v) is 7.75. The van der Waals surface area contributed by atoms with Gasteiger partial charge in [-0.1, -0.05) is 19.1 Å². The number of rotatable bonds is 5. The van der Waals surface area contributed by atoms with Crippen LogP contribution < -0.4 is 11.1 Å². The molecule has 1 aromatic carbocycles. The third-order valence-corrected chi connectivity index (χ3v) is 3.90. The Balaban J connectivity index is 1.71. The van der Waals surface area contributed by atoms with Crippen LogP contribution in [0.25, 0.3) is 0 Å². The van der Waals surface area contributed by atoms with Gasteiger partial charge in [-0.05, 0) is 31.2 Å². The van der Waals surface area contributed by atoms with Crippen LogP contribution in [-0.4, -0.2) is 61.6 Å². The molecule has 0 bridgehead atoms. The molecule has 0 aromatic heterocycles. The summed E-state index contributed by atoms with van der Waals surface area (Å²) in [4.78, 5) is 9.34. The van der Waals surface area contributed by atoms with Gasteiger partial charge in [0.2, 0.25) is 0 Å². The lowest BCUT2D eigenvalue weighted by Gasteiger charge is -2.33. The van der Waals surface area contributed by atoms with E-state index in [0.29, 0.717) is 5.96 Å². The maximum atomic E-state index is 5.93. The lowest BCUT2D eigenvalue weighted by atomic mass is 10.2. The first-order chi connectivity index (χ1) is 10.2. The highest BCUT2D eigenvalue weighted by molar-refractivity contribution is 5.92. The molecule has 1 saturated heterocycles. The van der Waals surface area contributed by atoms with E-state index in [1.807, 2.05) is 12.1 Å². The van der Waals surface area contributed by atoms with Crippen LogP contribution >= 0.6 is 0 Å². The van der Waals surface area contributed by atoms with E-state index in [4.69, 9.17) is 5.73 Å². The van der Waals surface area contributed by atoms with E-state index >= 15 is 0 Å². The van der Waals surface area contributed by atoms with Gasteiger partial charge in [0.05, 0.1) is 6.54 Å². The number of guanidine groups is 1. The van der Waals surface area contributed by atoms with Crippen LogP contribution in [-0.2, 0) is 0 Å². The van der Waals surface area contributed by atoms with E-state index in [0.717, 1.165) is 51.5 Å². The van der Waals surface area contributed by atoms with Gasteiger partial charge in [-0.3, -0.25) is 9.89 Å². The number of nitrogens with two attached hydrogens (primary N) is 1. The van der Waals surface area contributed by atoms with Gasteiger partial charge in [-0.2, -0.15) is 0 Å². The topological polar surface area (TPSA) is 56.9 Å². The number of benzene rings is 1. The number of hydrogen-bond donors (Lipinski definition) is 2. The Bertz CT molecular complexity index is 463. The lowest BCUT2D eigenvalue weighted by Crippen LogP contribution is -2.46. The Morgan fingerprint density at radius 2 is 1.95 bits per heavy atom. The molecule has 0 unspecified atom stereocenters. The average Bonchev–Trinajstić information content (AvgIpc) is 2.48. The molecule has 1 aliphatic rings. The van der Waals surface area contributed by atoms with Crippen molar-refractivity contribution in [1.82, 2.24) is 9.80 Å². The molecule has 2 rings (SSSR count). The summed E-state index contributed by atoms with van der Waals surface area (Å²) < 4.78 is 0. The van der Waals surface area contributed by atoms with Crippen molar-refractivity contribution in [2.24, 2.45) is 10.7 Å². The smallest absolute Gasteiger partial charge is 0.193 e. The van der Waals surface area contributed by atoms with Crippen LogP contribution in [0.5, 0.6) is 0 Å². The highest BCUT2D eigenvalue weighted by atomic mass is 15.3. The number of aryl methyl sites for hydroxylation is 1. The second kappa shape index (κ2) is 8.00. The summed E-state index contributed by atoms with van der Waals surface area (Å²) >= 11 is 0. The number of aliphatic imine (C=N–C) groups is 1. The maximum absolute atomic E-state index is 5.93. The zero-order valence-electron chi connectivity index (χ0n) is 13.2. The minimum Gasteiger partial charge on any atom is -0.370 e. The second-order valence-corrected chi connectivity index (χ2v) is 5.54. The predicted molar refractivity (Wildman–Crippen MR) is 89.8 cm³/mol. The first kappa shape index (κ1) is 15.8. The zero-order chi connectivity index (χ0) is 15.1. The molecule has 116 valence electrons. The number of hydrogen-bond acceptors (Lipinski definition) is 3. The van der Waals surface area contributed by atoms with Crippen molar-refractivity contribution in [2.75, 3.05) is 51.1 Å². The maximum Gasteiger partial charge on any atom is 0.193 e. The van der Waals surface area contributed by atoms with Crippen molar-refractivity contribution in [2.45, 2.75) is 13.8 Å². The van der Waals surface area contributed by atoms with E-state index < -0.39 is 0 Å². The van der Waals surface area contributed by atoms with Crippen molar-refractivity contribution in [3.8, 4) is 0 Å². The normalized spacial score (nSPS) is 17.9. The van der Waals surface area contributed by atoms with Crippen molar-refractivity contribution in [3.05, 3.63) is 29.8 Å². The average molecular weight is 289 g/mol. The van der Waals surface area contributed by atoms with Gasteiger partial charge in [-0.15, -0.1) is 0 Å². The molecule has 3 N–H and O–H groups in total. The summed E-state index contributed by atoms with van der Waals surface area (Å²) in [5.41, 5.74) is 8.13. The third-order valence-electron chi connectivity index (χ3n) is 3.90. The number of piperazine rings is 1. The van der Waals surface area contributed by atoms with E-state index in [9.17, 15) is 0 Å². The summed E-state index contributed by atoms with van der Waals surface area (Å²) in [6.07, 6.45) is 0. The Kier molecular flexibility index (Phi) is 6.02. The minimum absolute atomic E-state index is 0.493. The van der Waals surface area contributed by atoms with Crippen LogP contribution in [0.3, 0.4) is 0 Å². The summed E-state index contributed by atoms with van der Waals surface area (Å²) in [6, 6.07) is 8.14. The van der Waals surface area contributed by atoms with Gasteiger partial charge in [-0.25, -0.2) is 0 Å². The van der Waals surface area contributed by atoms with Crippen LogP contribution in [0.15, 0.2) is 29.3 Å². The Morgan fingerprint density at radius 1 is 1.24 bits per heavy atom. The molecule has 5 heteroatoms. The van der Waals surface area contributed by atoms with E-state index in [-0.39, 0.29) is 0 Å². The molecule has 1 aromatic rings. The van der Waals surface area contributed by atoms with Crippen LogP contribution in [0.2, 0.25) is 0 Å². The van der Waals surface area contributed by atoms with E-state index in [2.05, 4.69) is 46.1 Å². The van der Waals surface area contributed by atoms with Gasteiger partial charge < -0.3 is 16.0 Å². The van der Waals surface area contributed by atoms with Gasteiger partial charge >= 0.3 is 0 Å². The Morgan fingerprint density at radius 3 is 2.62 bits per heavy atom. The van der Waals surface area contributed by atoms with Gasteiger partial charge in [0.15, 0.2) is 5.96 Å². The molecule has 1 heterocycles. The number of nitrogens with one attached hydrogen (secondary N) is 1. The first-order valence-electron chi connectivity index (χ1n) is 7.75. The fourth-order valence-electron chi connectivity index (χ4n) is 2.55. The van der Waals surface area contributed by atoms with E-state index in [1.54, 1.807) is 0 Å². The van der Waals surface area contributed by atoms with E-state index in [1.165, 1.54) is 5.56 Å². The Hall–Kier alpha value is -1.59. The second-order valence-electron chi connectivity index (χ2n) is 5.54. The fourth-order valence-corrected chi connectivity index (χ4v) is 2.55. The number of anilines is 1. The van der Waals surface area contributed by atoms with Crippen molar-refractivity contribution >= 4 is 11.6 Å². The summed E-state index contributed by atoms with van der Waals surface area (Å²) in [6.45, 7) is 11.8. The molecule has 0 amide bonds. The molecule has 0 aliphatic carbocycles. The molecule has 5 nitrogen and oxygen atoms in total. The summed E-state index contributed by atoms with van der Waals surface area (Å²) in [7, 11) is 0. The molecule has 0 saturated carbocycles. The monoisotopic (exact) mass is 289 g/mol. The van der Waals surface area contributed by atoms with Gasteiger partial charge in [0.1, 0.15) is 0 Å². The number of likely N-dealkylation sites (N-methyl/N-ethyl adjacent to an activating group) is 1. The van der Waals surface area contributed by atoms with Gasteiger partial charge in [0.25, 0.3) is 0 Å². The molecule has 1 aliphatic heterocycles. The fraction of sp³-hybridized carbons (Fsp3) is 0.562. The van der Waals surface area contributed by atoms with Crippen molar-refractivity contribution < 1.29 is 0 Å². The molecule has 0 radical (unpaired) electrons. The SMILES string of the molecule is CCN1CCN(CCN=C(N)Nc2cccc(C)c2)CC1. The molecule has 0 spiro atoms. The quantitative estimate of drug-likeness (QED) is 0.635. The highest BCUT2D eigenvalue weighted by Crippen LogP contribution is 2.08. The van der Waals surface area contributed by atoms with Crippen molar-refractivity contribution in [3.63, 3.8) is 0 Å². The zero-order valence-corrected chi connectivity index (χ0v) is 13.2. The van der Waals surface area contributed by atoms with Gasteiger partial charge in [0, 0.05) is 38.4 Å². The lowest BCUT2D eigenvalue weighted by molar-refractivity contribution is 0.140. The standard InChI is InChI=1S/C16H27N5/c1-3-20-9-11-21(12-10-20)8-7-18-16(17)19-15-6-4-5-14(2)13-15/h4-6,13H,3,7-12H2,1-2H3,(H3,17,18,19). The summed E-state index contributed by atoms with van der Waals surface area (Å²) in [5, 5.41) is 3.14. The third kappa shape index (κ3) is 5.36. The van der Waals surface area contributed by atoms with Crippen LogP contribution in [0, 0.1) is 6.92 Å². The highest BCUT2D eigenvalue weighted by Gasteiger charge is 2.14. The predicted octanol–water partition coefficient (Wildman–Crippen LogP) is 1.36. The molecule has 21 heavy (non-hydrogen) atoms. The molecular formula is C16H27N5.